The van der Waals surface area contributed by atoms with Crippen molar-refractivity contribution in [3.8, 4) is 0 Å². The average Bonchev–Trinajstić information content (AvgIpc) is 2.20. The number of rotatable bonds is 3. The zero-order valence-electron chi connectivity index (χ0n) is 10.7. The van der Waals surface area contributed by atoms with E-state index in [1.807, 2.05) is 0 Å². The summed E-state index contributed by atoms with van der Waals surface area (Å²) in [6, 6.07) is 4.46. The van der Waals surface area contributed by atoms with Crippen molar-refractivity contribution >= 4 is 27.7 Å². The molecule has 1 rings (SSSR count). The number of amides is 1. The molecule has 0 aliphatic heterocycles. The molecule has 18 heavy (non-hydrogen) atoms. The standard InChI is InChI=1S/C13H17BrFNO2/c1-13(2,3)18-12(17)16-10-4-5-11(15)9(8-10)6-7-14/h4-5,8H,6-7H2,1-3H3,(H,16,17). The molecular weight excluding hydrogens is 301 g/mol. The molecule has 0 saturated heterocycles. The first-order chi connectivity index (χ1) is 8.31. The third kappa shape index (κ3) is 5.04. The summed E-state index contributed by atoms with van der Waals surface area (Å²) in [6.07, 6.45) is 0.0225. The van der Waals surface area contributed by atoms with Gasteiger partial charge < -0.3 is 4.74 Å². The number of benzene rings is 1. The number of nitrogens with one attached hydrogen (secondary N) is 1. The van der Waals surface area contributed by atoms with Gasteiger partial charge in [0.15, 0.2) is 0 Å². The lowest BCUT2D eigenvalue weighted by atomic mass is 10.1. The molecule has 3 nitrogen and oxygen atoms in total. The Hall–Kier alpha value is -1.10. The van der Waals surface area contributed by atoms with E-state index in [9.17, 15) is 9.18 Å². The van der Waals surface area contributed by atoms with Crippen LogP contribution < -0.4 is 5.32 Å². The zero-order chi connectivity index (χ0) is 13.8. The molecule has 1 amide bonds. The fraction of sp³-hybridized carbons (Fsp3) is 0.462. The van der Waals surface area contributed by atoms with E-state index < -0.39 is 11.7 Å². The smallest absolute Gasteiger partial charge is 0.412 e. The summed E-state index contributed by atoms with van der Waals surface area (Å²) < 4.78 is 18.5. The highest BCUT2D eigenvalue weighted by molar-refractivity contribution is 9.09. The highest BCUT2D eigenvalue weighted by Gasteiger charge is 2.16. The van der Waals surface area contributed by atoms with Gasteiger partial charge in [0.05, 0.1) is 0 Å². The minimum absolute atomic E-state index is 0.274. The maximum absolute atomic E-state index is 13.4. The number of carbonyl (C=O) groups is 1. The fourth-order valence-electron chi connectivity index (χ4n) is 1.37. The molecule has 1 N–H and O–H groups in total. The predicted molar refractivity (Wildman–Crippen MR) is 73.8 cm³/mol. The Morgan fingerprint density at radius 1 is 1.44 bits per heavy atom. The Labute approximate surface area is 115 Å². The van der Waals surface area contributed by atoms with Gasteiger partial charge in [-0.3, -0.25) is 5.32 Å². The Morgan fingerprint density at radius 3 is 2.67 bits per heavy atom. The average molecular weight is 318 g/mol. The van der Waals surface area contributed by atoms with Gasteiger partial charge in [0.1, 0.15) is 11.4 Å². The van der Waals surface area contributed by atoms with Gasteiger partial charge in [0.25, 0.3) is 0 Å². The van der Waals surface area contributed by atoms with Gasteiger partial charge in [-0.15, -0.1) is 0 Å². The van der Waals surface area contributed by atoms with E-state index in [2.05, 4.69) is 21.2 Å². The molecule has 1 aromatic rings. The van der Waals surface area contributed by atoms with Gasteiger partial charge in [0, 0.05) is 11.0 Å². The summed E-state index contributed by atoms with van der Waals surface area (Å²) in [5, 5.41) is 3.25. The maximum Gasteiger partial charge on any atom is 0.412 e. The number of hydrogen-bond acceptors (Lipinski definition) is 2. The molecule has 0 fully saturated rings. The molecule has 0 atom stereocenters. The molecule has 1 aromatic carbocycles. The maximum atomic E-state index is 13.4. The zero-order valence-corrected chi connectivity index (χ0v) is 12.3. The second-order valence-electron chi connectivity index (χ2n) is 4.87. The van der Waals surface area contributed by atoms with Crippen LogP contribution in [0.5, 0.6) is 0 Å². The van der Waals surface area contributed by atoms with Crippen LogP contribution >= 0.6 is 15.9 Å². The van der Waals surface area contributed by atoms with Crippen LogP contribution in [0.2, 0.25) is 0 Å². The number of anilines is 1. The van der Waals surface area contributed by atoms with Crippen molar-refractivity contribution in [1.29, 1.82) is 0 Å². The van der Waals surface area contributed by atoms with Crippen LogP contribution in [0.3, 0.4) is 0 Å². The van der Waals surface area contributed by atoms with Crippen molar-refractivity contribution in [2.24, 2.45) is 0 Å². The fourth-order valence-corrected chi connectivity index (χ4v) is 1.79. The van der Waals surface area contributed by atoms with Crippen LogP contribution in [0.4, 0.5) is 14.9 Å². The van der Waals surface area contributed by atoms with Crippen LogP contribution in [0.25, 0.3) is 0 Å². The highest BCUT2D eigenvalue weighted by atomic mass is 79.9. The lowest BCUT2D eigenvalue weighted by Gasteiger charge is -2.19. The van der Waals surface area contributed by atoms with Gasteiger partial charge in [-0.2, -0.15) is 0 Å². The normalized spacial score (nSPS) is 11.2. The van der Waals surface area contributed by atoms with Crippen molar-refractivity contribution < 1.29 is 13.9 Å². The van der Waals surface area contributed by atoms with Crippen molar-refractivity contribution in [3.05, 3.63) is 29.6 Å². The number of halogens is 2. The van der Waals surface area contributed by atoms with E-state index >= 15 is 0 Å². The van der Waals surface area contributed by atoms with E-state index in [-0.39, 0.29) is 5.82 Å². The van der Waals surface area contributed by atoms with Crippen molar-refractivity contribution in [2.45, 2.75) is 32.8 Å². The summed E-state index contributed by atoms with van der Waals surface area (Å²) in [4.78, 5) is 11.5. The summed E-state index contributed by atoms with van der Waals surface area (Å²) >= 11 is 3.26. The Balaban J connectivity index is 2.73. The highest BCUT2D eigenvalue weighted by Crippen LogP contribution is 2.17. The van der Waals surface area contributed by atoms with Gasteiger partial charge in [-0.1, -0.05) is 15.9 Å². The predicted octanol–water partition coefficient (Wildman–Crippen LogP) is 4.11. The summed E-state index contributed by atoms with van der Waals surface area (Å²) in [5.41, 5.74) is 0.532. The SMILES string of the molecule is CC(C)(C)OC(=O)Nc1ccc(F)c(CCBr)c1. The van der Waals surface area contributed by atoms with Gasteiger partial charge >= 0.3 is 6.09 Å². The van der Waals surface area contributed by atoms with E-state index in [4.69, 9.17) is 4.74 Å². The van der Waals surface area contributed by atoms with Crippen LogP contribution in [-0.4, -0.2) is 17.0 Å². The van der Waals surface area contributed by atoms with E-state index in [1.54, 1.807) is 26.8 Å². The van der Waals surface area contributed by atoms with Crippen molar-refractivity contribution in [2.75, 3.05) is 10.6 Å². The largest absolute Gasteiger partial charge is 0.444 e. The van der Waals surface area contributed by atoms with Crippen LogP contribution in [-0.2, 0) is 11.2 Å². The number of aryl methyl sites for hydroxylation is 1. The van der Waals surface area contributed by atoms with Crippen LogP contribution in [0.1, 0.15) is 26.3 Å². The minimum Gasteiger partial charge on any atom is -0.444 e. The van der Waals surface area contributed by atoms with Crippen molar-refractivity contribution in [1.82, 2.24) is 0 Å². The number of carbonyl (C=O) groups excluding carboxylic acids is 1. The Morgan fingerprint density at radius 2 is 2.11 bits per heavy atom. The third-order valence-corrected chi connectivity index (χ3v) is 2.45. The third-order valence-electron chi connectivity index (χ3n) is 2.05. The van der Waals surface area contributed by atoms with Crippen LogP contribution in [0, 0.1) is 5.82 Å². The minimum atomic E-state index is -0.553. The van der Waals surface area contributed by atoms with E-state index in [0.717, 1.165) is 0 Å². The molecular formula is C13H17BrFNO2. The number of hydrogen-bond donors (Lipinski definition) is 1. The molecule has 100 valence electrons. The summed E-state index contributed by atoms with van der Waals surface area (Å²) in [6.45, 7) is 5.36. The molecule has 0 radical (unpaired) electrons. The monoisotopic (exact) mass is 317 g/mol. The Bertz CT molecular complexity index is 429. The van der Waals surface area contributed by atoms with Crippen molar-refractivity contribution in [3.63, 3.8) is 0 Å². The molecule has 0 aromatic heterocycles. The lowest BCUT2D eigenvalue weighted by Crippen LogP contribution is -2.27. The van der Waals surface area contributed by atoms with E-state index in [1.165, 1.54) is 12.1 Å². The first kappa shape index (κ1) is 15.0. The Kier molecular flexibility index (Phi) is 5.14. The summed E-state index contributed by atoms with van der Waals surface area (Å²) in [5.74, 6) is -0.274. The van der Waals surface area contributed by atoms with Gasteiger partial charge in [-0.05, 0) is 51.0 Å². The van der Waals surface area contributed by atoms with E-state index in [0.29, 0.717) is 23.0 Å². The molecule has 0 saturated carbocycles. The molecule has 0 spiro atoms. The molecule has 5 heteroatoms. The number of ether oxygens (including phenoxy) is 1. The first-order valence-corrected chi connectivity index (χ1v) is 6.78. The summed E-state index contributed by atoms with van der Waals surface area (Å²) in [7, 11) is 0. The molecule has 0 bridgehead atoms. The van der Waals surface area contributed by atoms with Crippen LogP contribution in [0.15, 0.2) is 18.2 Å². The lowest BCUT2D eigenvalue weighted by molar-refractivity contribution is 0.0636. The molecule has 0 aliphatic carbocycles. The molecule has 0 aliphatic rings. The van der Waals surface area contributed by atoms with Gasteiger partial charge in [-0.25, -0.2) is 9.18 Å². The van der Waals surface area contributed by atoms with Gasteiger partial charge in [0.2, 0.25) is 0 Å². The second-order valence-corrected chi connectivity index (χ2v) is 5.67. The molecule has 0 heterocycles. The quantitative estimate of drug-likeness (QED) is 0.852. The first-order valence-electron chi connectivity index (χ1n) is 5.66. The topological polar surface area (TPSA) is 38.3 Å². The second kappa shape index (κ2) is 6.18. The molecule has 0 unspecified atom stereocenters. The number of alkyl halides is 1.